The van der Waals surface area contributed by atoms with Crippen LogP contribution in [0.2, 0.25) is 0 Å². The Hall–Kier alpha value is -0.800. The molecule has 0 unspecified atom stereocenters. The maximum atomic E-state index is 5.87. The molecule has 0 aromatic carbocycles. The molecule has 0 atom stereocenters. The Morgan fingerprint density at radius 2 is 2.18 bits per heavy atom. The van der Waals surface area contributed by atoms with Crippen LogP contribution in [0.4, 0.5) is 0 Å². The Morgan fingerprint density at radius 3 is 2.73 bits per heavy atom. The first-order valence-electron chi connectivity index (χ1n) is 3.95. The summed E-state index contributed by atoms with van der Waals surface area (Å²) in [6.07, 6.45) is 10.3. The predicted molar refractivity (Wildman–Crippen MR) is 44.3 cm³/mol. The molecule has 1 fully saturated rings. The van der Waals surface area contributed by atoms with Gasteiger partial charge < -0.3 is 10.7 Å². The van der Waals surface area contributed by atoms with Crippen LogP contribution in [0.15, 0.2) is 24.4 Å². The van der Waals surface area contributed by atoms with E-state index in [1.54, 1.807) is 0 Å². The van der Waals surface area contributed by atoms with E-state index in [1.165, 1.54) is 0 Å². The normalized spacial score (nSPS) is 25.7. The predicted octanol–water partition coefficient (Wildman–Crippen LogP) is 0.325. The average Bonchev–Trinajstić information content (AvgIpc) is 2.70. The lowest BCUT2D eigenvalue weighted by molar-refractivity contribution is 0.237. The Balaban J connectivity index is 1.87. The Bertz CT molecular complexity index is 203. The average molecular weight is 151 g/mol. The van der Waals surface area contributed by atoms with Gasteiger partial charge in [0.2, 0.25) is 0 Å². The number of rotatable bonds is 2. The van der Waals surface area contributed by atoms with Crippen LogP contribution in [-0.4, -0.2) is 17.2 Å². The van der Waals surface area contributed by atoms with Crippen molar-refractivity contribution in [1.29, 1.82) is 0 Å². The number of allylic oxidation sites excluding steroid dienone is 2. The zero-order valence-electron chi connectivity index (χ0n) is 6.46. The summed E-state index contributed by atoms with van der Waals surface area (Å²) in [6, 6.07) is 0. The molecule has 1 aliphatic carbocycles. The number of hydrazine groups is 1. The van der Waals surface area contributed by atoms with E-state index in [4.69, 9.17) is 5.73 Å². The molecule has 3 nitrogen and oxygen atoms in total. The summed E-state index contributed by atoms with van der Waals surface area (Å²) in [6.45, 7) is 0.912. The van der Waals surface area contributed by atoms with Crippen LogP contribution in [-0.2, 0) is 0 Å². The van der Waals surface area contributed by atoms with Gasteiger partial charge in [-0.15, -0.1) is 0 Å². The highest BCUT2D eigenvalue weighted by Gasteiger charge is 2.39. The summed E-state index contributed by atoms with van der Waals surface area (Å²) < 4.78 is 0. The first-order valence-corrected chi connectivity index (χ1v) is 3.95. The second-order valence-corrected chi connectivity index (χ2v) is 3.19. The van der Waals surface area contributed by atoms with Gasteiger partial charge in [0, 0.05) is 6.20 Å². The van der Waals surface area contributed by atoms with Gasteiger partial charge in [-0.1, -0.05) is 12.2 Å². The summed E-state index contributed by atoms with van der Waals surface area (Å²) >= 11 is 0. The summed E-state index contributed by atoms with van der Waals surface area (Å²) in [5, 5.41) is 2.02. The van der Waals surface area contributed by atoms with Crippen molar-refractivity contribution in [3.8, 4) is 0 Å². The number of nitrogens with two attached hydrogens (primary N) is 1. The van der Waals surface area contributed by atoms with E-state index in [9.17, 15) is 0 Å². The number of hydrogen-bond donors (Lipinski definition) is 2. The van der Waals surface area contributed by atoms with Crippen molar-refractivity contribution in [1.82, 2.24) is 10.4 Å². The van der Waals surface area contributed by atoms with Crippen molar-refractivity contribution in [2.24, 2.45) is 5.73 Å². The minimum Gasteiger partial charge on any atom is -0.312 e. The third kappa shape index (κ3) is 1.61. The number of nitrogens with zero attached hydrogens (tertiary/aromatic N) is 1. The second kappa shape index (κ2) is 2.36. The molecule has 0 amide bonds. The van der Waals surface area contributed by atoms with Crippen molar-refractivity contribution in [3.05, 3.63) is 24.4 Å². The van der Waals surface area contributed by atoms with E-state index in [0.29, 0.717) is 0 Å². The first kappa shape index (κ1) is 6.88. The zero-order chi connectivity index (χ0) is 7.73. The fourth-order valence-corrected chi connectivity index (χ4v) is 1.08. The molecule has 0 radical (unpaired) electrons. The van der Waals surface area contributed by atoms with Crippen LogP contribution >= 0.6 is 0 Å². The van der Waals surface area contributed by atoms with Crippen LogP contribution < -0.4 is 11.2 Å². The third-order valence-electron chi connectivity index (χ3n) is 1.97. The smallest absolute Gasteiger partial charge is 0.0840 e. The first-order chi connectivity index (χ1) is 5.29. The van der Waals surface area contributed by atoms with Crippen molar-refractivity contribution in [3.63, 3.8) is 0 Å². The van der Waals surface area contributed by atoms with Crippen LogP contribution in [0.3, 0.4) is 0 Å². The lowest BCUT2D eigenvalue weighted by atomic mass is 10.4. The lowest BCUT2D eigenvalue weighted by Crippen LogP contribution is -2.49. The van der Waals surface area contributed by atoms with E-state index in [-0.39, 0.29) is 5.66 Å². The molecule has 3 N–H and O–H groups in total. The molecule has 0 saturated heterocycles. The lowest BCUT2D eigenvalue weighted by Gasteiger charge is -2.25. The summed E-state index contributed by atoms with van der Waals surface area (Å²) in [4.78, 5) is 0. The summed E-state index contributed by atoms with van der Waals surface area (Å²) in [5.41, 5.74) is 9.01. The molecule has 0 spiro atoms. The Labute approximate surface area is 66.5 Å². The Kier molecular flexibility index (Phi) is 1.47. The topological polar surface area (TPSA) is 41.3 Å². The maximum absolute atomic E-state index is 5.87. The quantitative estimate of drug-likeness (QED) is 0.559. The molecule has 1 saturated carbocycles. The second-order valence-electron chi connectivity index (χ2n) is 3.19. The molecular formula is C8H13N3. The summed E-state index contributed by atoms with van der Waals surface area (Å²) in [5.74, 6) is 0. The van der Waals surface area contributed by atoms with Crippen LogP contribution in [0.25, 0.3) is 0 Å². The monoisotopic (exact) mass is 151 g/mol. The van der Waals surface area contributed by atoms with E-state index in [0.717, 1.165) is 19.4 Å². The van der Waals surface area contributed by atoms with Crippen molar-refractivity contribution in [2.45, 2.75) is 18.5 Å². The van der Waals surface area contributed by atoms with Gasteiger partial charge in [0.25, 0.3) is 0 Å². The van der Waals surface area contributed by atoms with Gasteiger partial charge in [0.1, 0.15) is 0 Å². The van der Waals surface area contributed by atoms with Crippen LogP contribution in [0.1, 0.15) is 12.8 Å². The molecule has 0 aromatic rings. The number of hydrogen-bond acceptors (Lipinski definition) is 3. The molecule has 11 heavy (non-hydrogen) atoms. The molecule has 60 valence electrons. The van der Waals surface area contributed by atoms with E-state index >= 15 is 0 Å². The minimum atomic E-state index is -0.102. The maximum Gasteiger partial charge on any atom is 0.0840 e. The fourth-order valence-electron chi connectivity index (χ4n) is 1.08. The highest BCUT2D eigenvalue weighted by atomic mass is 15.6. The van der Waals surface area contributed by atoms with E-state index in [2.05, 4.69) is 11.5 Å². The molecule has 2 rings (SSSR count). The molecule has 3 heteroatoms. The fraction of sp³-hybridized carbons (Fsp3) is 0.500. The van der Waals surface area contributed by atoms with E-state index in [1.807, 2.05) is 23.4 Å². The molecule has 2 aliphatic rings. The van der Waals surface area contributed by atoms with Gasteiger partial charge in [-0.3, -0.25) is 0 Å². The Morgan fingerprint density at radius 1 is 1.36 bits per heavy atom. The molecular weight excluding hydrogens is 138 g/mol. The van der Waals surface area contributed by atoms with Crippen molar-refractivity contribution in [2.75, 3.05) is 6.54 Å². The van der Waals surface area contributed by atoms with Gasteiger partial charge in [0.05, 0.1) is 12.2 Å². The van der Waals surface area contributed by atoms with Gasteiger partial charge in [-0.2, -0.15) is 0 Å². The van der Waals surface area contributed by atoms with Crippen molar-refractivity contribution >= 4 is 0 Å². The number of nitrogens with one attached hydrogen (secondary N) is 1. The molecule has 1 aliphatic heterocycles. The molecule has 1 heterocycles. The standard InChI is InChI=1S/C8H13N3/c9-8(4-5-8)10-11-6-2-1-3-7-11/h1-3,6,10H,4-5,7,9H2. The SMILES string of the molecule is NC1(NN2C=CC=CC2)CC1. The highest BCUT2D eigenvalue weighted by Crippen LogP contribution is 2.29. The van der Waals surface area contributed by atoms with Gasteiger partial charge in [0.15, 0.2) is 0 Å². The third-order valence-corrected chi connectivity index (χ3v) is 1.97. The van der Waals surface area contributed by atoms with E-state index < -0.39 is 0 Å². The zero-order valence-corrected chi connectivity index (χ0v) is 6.46. The van der Waals surface area contributed by atoms with Gasteiger partial charge in [-0.25, -0.2) is 5.43 Å². The minimum absolute atomic E-state index is 0.102. The van der Waals surface area contributed by atoms with Crippen LogP contribution in [0.5, 0.6) is 0 Å². The van der Waals surface area contributed by atoms with Gasteiger partial charge in [-0.05, 0) is 18.9 Å². The largest absolute Gasteiger partial charge is 0.312 e. The molecule has 0 aromatic heterocycles. The summed E-state index contributed by atoms with van der Waals surface area (Å²) in [7, 11) is 0. The van der Waals surface area contributed by atoms with Crippen LogP contribution in [0, 0.1) is 0 Å². The molecule has 0 bridgehead atoms. The highest BCUT2D eigenvalue weighted by molar-refractivity contribution is 5.09. The van der Waals surface area contributed by atoms with Gasteiger partial charge >= 0.3 is 0 Å². The van der Waals surface area contributed by atoms with Crippen molar-refractivity contribution < 1.29 is 0 Å².